The molecule has 0 radical (unpaired) electrons. The maximum absolute atomic E-state index is 15.6. The van der Waals surface area contributed by atoms with Crippen molar-refractivity contribution in [3.8, 4) is 5.19 Å². The summed E-state index contributed by atoms with van der Waals surface area (Å²) in [6.45, 7) is 0.671. The third-order valence-electron chi connectivity index (χ3n) is 7.44. The number of nitrogens with one attached hydrogen (secondary N) is 1. The first-order valence-electron chi connectivity index (χ1n) is 12.9. The largest absolute Gasteiger partial charge is 0.460 e. The first-order chi connectivity index (χ1) is 18.1. The van der Waals surface area contributed by atoms with Crippen LogP contribution in [0.2, 0.25) is 0 Å². The number of aromatic nitrogens is 3. The van der Waals surface area contributed by atoms with Crippen molar-refractivity contribution >= 4 is 28.1 Å². The predicted octanol–water partition coefficient (Wildman–Crippen LogP) is 4.84. The molecular formula is C26H31F4N5O2S. The molecule has 1 aromatic carbocycles. The summed E-state index contributed by atoms with van der Waals surface area (Å²) in [7, 11) is 1.82. The third kappa shape index (κ3) is 6.45. The number of carbonyl (C=O) groups excluding carboxylic acids is 1. The minimum absolute atomic E-state index is 0.0597. The van der Waals surface area contributed by atoms with Crippen molar-refractivity contribution in [1.82, 2.24) is 25.0 Å². The van der Waals surface area contributed by atoms with Crippen molar-refractivity contribution in [2.75, 3.05) is 26.2 Å². The van der Waals surface area contributed by atoms with Crippen LogP contribution >= 0.6 is 11.3 Å². The van der Waals surface area contributed by atoms with Gasteiger partial charge in [0.15, 0.2) is 6.61 Å². The molecule has 2 aromatic heterocycles. The lowest BCUT2D eigenvalue weighted by atomic mass is 9.81. The highest BCUT2D eigenvalue weighted by Gasteiger charge is 2.36. The summed E-state index contributed by atoms with van der Waals surface area (Å²) >= 11 is 1.17. The van der Waals surface area contributed by atoms with Gasteiger partial charge in [0.05, 0.1) is 16.8 Å². The molecule has 12 heteroatoms. The molecule has 5 rings (SSSR count). The van der Waals surface area contributed by atoms with Crippen molar-refractivity contribution in [3.63, 3.8) is 0 Å². The Labute approximate surface area is 222 Å². The number of carbonyl (C=O) groups is 1. The van der Waals surface area contributed by atoms with E-state index in [1.54, 1.807) is 10.7 Å². The van der Waals surface area contributed by atoms with E-state index in [1.165, 1.54) is 11.3 Å². The second kappa shape index (κ2) is 10.8. The van der Waals surface area contributed by atoms with Gasteiger partial charge in [-0.3, -0.25) is 9.48 Å². The fourth-order valence-electron chi connectivity index (χ4n) is 5.33. The van der Waals surface area contributed by atoms with E-state index in [2.05, 4.69) is 20.3 Å². The van der Waals surface area contributed by atoms with E-state index in [4.69, 9.17) is 4.74 Å². The quantitative estimate of drug-likeness (QED) is 0.424. The Morgan fingerprint density at radius 2 is 2.00 bits per heavy atom. The molecule has 3 heterocycles. The monoisotopic (exact) mass is 553 g/mol. The average molecular weight is 554 g/mol. The Morgan fingerprint density at radius 3 is 2.76 bits per heavy atom. The molecule has 1 fully saturated rings. The van der Waals surface area contributed by atoms with Crippen LogP contribution in [0.25, 0.3) is 10.9 Å². The molecule has 1 N–H and O–H groups in total. The van der Waals surface area contributed by atoms with Crippen LogP contribution in [0.15, 0.2) is 24.4 Å². The van der Waals surface area contributed by atoms with Crippen LogP contribution in [-0.2, 0) is 19.9 Å². The topological polar surface area (TPSA) is 72.3 Å². The van der Waals surface area contributed by atoms with Crippen LogP contribution < -0.4 is 10.1 Å². The molecule has 1 amide bonds. The van der Waals surface area contributed by atoms with Crippen molar-refractivity contribution in [3.05, 3.63) is 40.5 Å². The zero-order valence-electron chi connectivity index (χ0n) is 21.2. The number of benzene rings is 1. The van der Waals surface area contributed by atoms with Gasteiger partial charge in [-0.05, 0) is 50.7 Å². The Kier molecular flexibility index (Phi) is 7.63. The normalized spacial score (nSPS) is 22.7. The predicted molar refractivity (Wildman–Crippen MR) is 136 cm³/mol. The fraction of sp³-hybridized carbons (Fsp3) is 0.577. The minimum atomic E-state index is -4.39. The second-order valence-corrected chi connectivity index (χ2v) is 11.3. The van der Waals surface area contributed by atoms with Gasteiger partial charge in [-0.25, -0.2) is 9.37 Å². The number of nitrogens with zero attached hydrogens (tertiary/aromatic N) is 4. The lowest BCUT2D eigenvalue weighted by molar-refractivity contribution is -0.153. The second-order valence-electron chi connectivity index (χ2n) is 10.3. The summed E-state index contributed by atoms with van der Waals surface area (Å²) in [5, 5.41) is 8.30. The van der Waals surface area contributed by atoms with E-state index in [0.717, 1.165) is 21.5 Å². The van der Waals surface area contributed by atoms with Crippen LogP contribution in [0.3, 0.4) is 0 Å². The molecular weight excluding hydrogens is 522 g/mol. The molecule has 206 valence electrons. The number of hydrogen-bond acceptors (Lipinski definition) is 6. The maximum Gasteiger partial charge on any atom is 0.422 e. The third-order valence-corrected chi connectivity index (χ3v) is 8.51. The molecule has 2 aliphatic rings. The van der Waals surface area contributed by atoms with Gasteiger partial charge >= 0.3 is 6.18 Å². The molecule has 1 aliphatic heterocycles. The molecule has 0 bridgehead atoms. The van der Waals surface area contributed by atoms with Gasteiger partial charge in [0.2, 0.25) is 0 Å². The van der Waals surface area contributed by atoms with Gasteiger partial charge in [0.1, 0.15) is 5.67 Å². The van der Waals surface area contributed by atoms with Gasteiger partial charge in [-0.2, -0.15) is 18.3 Å². The lowest BCUT2D eigenvalue weighted by Gasteiger charge is -2.35. The van der Waals surface area contributed by atoms with E-state index in [0.29, 0.717) is 70.1 Å². The molecule has 0 saturated heterocycles. The zero-order valence-corrected chi connectivity index (χ0v) is 22.0. The number of hydrogen-bond donors (Lipinski definition) is 1. The van der Waals surface area contributed by atoms with Crippen LogP contribution in [0.5, 0.6) is 5.19 Å². The van der Waals surface area contributed by atoms with Gasteiger partial charge in [-0.1, -0.05) is 17.4 Å². The SMILES string of the molecule is Cn1cc2c(C(=O)N[C@H]3CC[C@](F)(CCN4CCc5nc(OCC(F)(F)F)sc5CC4)CC3)cccc2n1. The van der Waals surface area contributed by atoms with Crippen LogP contribution in [0.1, 0.15) is 53.0 Å². The van der Waals surface area contributed by atoms with Gasteiger partial charge in [-0.15, -0.1) is 0 Å². The molecule has 3 aromatic rings. The van der Waals surface area contributed by atoms with Gasteiger partial charge in [0.25, 0.3) is 11.1 Å². The molecule has 1 aliphatic carbocycles. The van der Waals surface area contributed by atoms with Gasteiger partial charge in [0, 0.05) is 55.6 Å². The summed E-state index contributed by atoms with van der Waals surface area (Å²) in [4.78, 5) is 20.3. The number of thiazole rings is 1. The number of fused-ring (bicyclic) bond motifs is 2. The summed E-state index contributed by atoms with van der Waals surface area (Å²) in [5.74, 6) is -0.155. The van der Waals surface area contributed by atoms with E-state index in [9.17, 15) is 18.0 Å². The summed E-state index contributed by atoms with van der Waals surface area (Å²) in [5.41, 5.74) is 0.860. The Hall–Kier alpha value is -2.73. The summed E-state index contributed by atoms with van der Waals surface area (Å²) in [6, 6.07) is 5.41. The first-order valence-corrected chi connectivity index (χ1v) is 13.7. The van der Waals surface area contributed by atoms with Crippen molar-refractivity contribution in [2.24, 2.45) is 7.05 Å². The highest BCUT2D eigenvalue weighted by atomic mass is 32.1. The van der Waals surface area contributed by atoms with E-state index < -0.39 is 18.5 Å². The Balaban J connectivity index is 1.07. The standard InChI is InChI=1S/C26H31F4N5O2S/c1-34-15-19-18(3-2-4-20(19)33-34)23(36)31-17-5-9-25(27,10-6-17)11-14-35-12-7-21-22(8-13-35)38-24(32-21)37-16-26(28,29)30/h2-4,15,17H,5-14,16H2,1H3,(H,31,36)/t17-,25+. The number of ether oxygens (including phenoxy) is 1. The van der Waals surface area contributed by atoms with Crippen LogP contribution in [-0.4, -0.2) is 69.7 Å². The van der Waals surface area contributed by atoms with Gasteiger partial charge < -0.3 is 15.0 Å². The highest BCUT2D eigenvalue weighted by molar-refractivity contribution is 7.13. The first kappa shape index (κ1) is 26.9. The molecule has 0 unspecified atom stereocenters. The van der Waals surface area contributed by atoms with E-state index >= 15 is 4.39 Å². The van der Waals surface area contributed by atoms with Crippen LogP contribution in [0, 0.1) is 0 Å². The highest BCUT2D eigenvalue weighted by Crippen LogP contribution is 2.36. The maximum atomic E-state index is 15.6. The summed E-state index contributed by atoms with van der Waals surface area (Å²) < 4.78 is 59.3. The van der Waals surface area contributed by atoms with Crippen LogP contribution in [0.4, 0.5) is 17.6 Å². The van der Waals surface area contributed by atoms with Crippen molar-refractivity contribution in [2.45, 2.75) is 62.8 Å². The number of rotatable bonds is 7. The fourth-order valence-corrected chi connectivity index (χ4v) is 6.27. The summed E-state index contributed by atoms with van der Waals surface area (Å²) in [6.07, 6.45) is 1.12. The Morgan fingerprint density at radius 1 is 1.24 bits per heavy atom. The number of amides is 1. The zero-order chi connectivity index (χ0) is 26.9. The number of halogens is 4. The Bertz CT molecular complexity index is 1260. The van der Waals surface area contributed by atoms with Crippen molar-refractivity contribution in [1.29, 1.82) is 0 Å². The van der Waals surface area contributed by atoms with E-state index in [-0.39, 0.29) is 17.1 Å². The number of alkyl halides is 4. The van der Waals surface area contributed by atoms with E-state index in [1.807, 2.05) is 25.4 Å². The minimum Gasteiger partial charge on any atom is -0.460 e. The molecule has 0 spiro atoms. The lowest BCUT2D eigenvalue weighted by Crippen LogP contribution is -2.43. The molecule has 0 atom stereocenters. The average Bonchev–Trinajstić information content (AvgIpc) is 3.39. The molecule has 38 heavy (non-hydrogen) atoms. The molecule has 1 saturated carbocycles. The molecule has 7 nitrogen and oxygen atoms in total. The smallest absolute Gasteiger partial charge is 0.422 e. The van der Waals surface area contributed by atoms with Crippen molar-refractivity contribution < 1.29 is 27.1 Å². The number of aryl methyl sites for hydroxylation is 1.